The predicted molar refractivity (Wildman–Crippen MR) is 90.0 cm³/mol. The lowest BCUT2D eigenvalue weighted by Crippen LogP contribution is -2.39. The zero-order valence-electron chi connectivity index (χ0n) is 11.9. The van der Waals surface area contributed by atoms with E-state index in [4.69, 9.17) is 11.6 Å². The first-order chi connectivity index (χ1) is 11.0. The van der Waals surface area contributed by atoms with Crippen LogP contribution in [0, 0.1) is 0 Å². The van der Waals surface area contributed by atoms with Crippen molar-refractivity contribution in [3.8, 4) is 0 Å². The fourth-order valence-electron chi connectivity index (χ4n) is 2.29. The molecule has 7 heteroatoms. The summed E-state index contributed by atoms with van der Waals surface area (Å²) in [6.45, 7) is 0. The summed E-state index contributed by atoms with van der Waals surface area (Å²) in [7, 11) is -1.56. The standard InChI is InChI=1S/C16H13ClN2O3S/c17-10-5-7-11(8-6-10)18-15(20)9-14-16(21)19-12-3-1-2-4-13(12)23(14)22/h1-8,14H,9H2,(H,18,20)(H,19,21)/t14-,23-/m0/s1. The van der Waals surface area contributed by atoms with Crippen molar-refractivity contribution in [2.45, 2.75) is 16.6 Å². The summed E-state index contributed by atoms with van der Waals surface area (Å²) in [4.78, 5) is 24.7. The average molecular weight is 349 g/mol. The van der Waals surface area contributed by atoms with Crippen LogP contribution in [0.15, 0.2) is 53.4 Å². The van der Waals surface area contributed by atoms with Crippen molar-refractivity contribution in [1.82, 2.24) is 0 Å². The Labute approximate surface area is 140 Å². The van der Waals surface area contributed by atoms with Crippen LogP contribution in [0.5, 0.6) is 0 Å². The van der Waals surface area contributed by atoms with E-state index in [0.29, 0.717) is 21.3 Å². The van der Waals surface area contributed by atoms with Gasteiger partial charge in [-0.25, -0.2) is 0 Å². The first-order valence-electron chi connectivity index (χ1n) is 6.90. The van der Waals surface area contributed by atoms with E-state index in [2.05, 4.69) is 10.6 Å². The molecule has 1 aliphatic rings. The van der Waals surface area contributed by atoms with Crippen molar-refractivity contribution < 1.29 is 13.8 Å². The average Bonchev–Trinajstić information content (AvgIpc) is 2.54. The molecule has 0 unspecified atom stereocenters. The number of halogens is 1. The Kier molecular flexibility index (Phi) is 4.45. The molecule has 0 spiro atoms. The topological polar surface area (TPSA) is 75.3 Å². The molecule has 2 aromatic rings. The summed E-state index contributed by atoms with van der Waals surface area (Å²) < 4.78 is 12.5. The predicted octanol–water partition coefficient (Wildman–Crippen LogP) is 2.80. The van der Waals surface area contributed by atoms with Crippen LogP contribution in [-0.2, 0) is 20.4 Å². The molecule has 118 valence electrons. The van der Waals surface area contributed by atoms with Gasteiger partial charge >= 0.3 is 0 Å². The van der Waals surface area contributed by atoms with Gasteiger partial charge in [-0.1, -0.05) is 23.7 Å². The zero-order chi connectivity index (χ0) is 16.4. The molecule has 2 amide bonds. The van der Waals surface area contributed by atoms with Gasteiger partial charge in [0.25, 0.3) is 0 Å². The lowest BCUT2D eigenvalue weighted by atomic mass is 10.2. The van der Waals surface area contributed by atoms with Gasteiger partial charge in [-0.2, -0.15) is 0 Å². The maximum absolute atomic E-state index is 12.5. The van der Waals surface area contributed by atoms with Crippen molar-refractivity contribution in [3.63, 3.8) is 0 Å². The van der Waals surface area contributed by atoms with Gasteiger partial charge in [-0.05, 0) is 36.4 Å². The highest BCUT2D eigenvalue weighted by Gasteiger charge is 2.34. The minimum atomic E-state index is -1.56. The summed E-state index contributed by atoms with van der Waals surface area (Å²) >= 11 is 5.78. The van der Waals surface area contributed by atoms with E-state index in [1.165, 1.54) is 0 Å². The Bertz CT molecular complexity index is 792. The third-order valence-corrected chi connectivity index (χ3v) is 5.35. The molecule has 0 fully saturated rings. The third kappa shape index (κ3) is 3.43. The maximum atomic E-state index is 12.5. The van der Waals surface area contributed by atoms with E-state index >= 15 is 0 Å². The number of hydrogen-bond acceptors (Lipinski definition) is 3. The van der Waals surface area contributed by atoms with E-state index in [-0.39, 0.29) is 12.3 Å². The van der Waals surface area contributed by atoms with Gasteiger partial charge in [-0.15, -0.1) is 0 Å². The molecule has 5 nitrogen and oxygen atoms in total. The summed E-state index contributed by atoms with van der Waals surface area (Å²) in [5, 5.41) is 5.01. The minimum absolute atomic E-state index is 0.157. The maximum Gasteiger partial charge on any atom is 0.241 e. The molecular formula is C16H13ClN2O3S. The first-order valence-corrected chi connectivity index (χ1v) is 8.49. The highest BCUT2D eigenvalue weighted by molar-refractivity contribution is 7.86. The van der Waals surface area contributed by atoms with Crippen LogP contribution in [0.3, 0.4) is 0 Å². The van der Waals surface area contributed by atoms with Gasteiger partial charge < -0.3 is 10.6 Å². The van der Waals surface area contributed by atoms with Crippen LogP contribution >= 0.6 is 11.6 Å². The Morgan fingerprint density at radius 3 is 2.61 bits per heavy atom. The molecule has 23 heavy (non-hydrogen) atoms. The quantitative estimate of drug-likeness (QED) is 0.895. The number of para-hydroxylation sites is 1. The highest BCUT2D eigenvalue weighted by atomic mass is 35.5. The smallest absolute Gasteiger partial charge is 0.241 e. The number of nitrogens with one attached hydrogen (secondary N) is 2. The summed E-state index contributed by atoms with van der Waals surface area (Å²) in [5.74, 6) is -0.784. The Morgan fingerprint density at radius 2 is 1.87 bits per heavy atom. The van der Waals surface area contributed by atoms with Gasteiger partial charge in [-0.3, -0.25) is 13.8 Å². The second-order valence-corrected chi connectivity index (χ2v) is 7.07. The third-order valence-electron chi connectivity index (χ3n) is 3.41. The van der Waals surface area contributed by atoms with Gasteiger partial charge in [0.2, 0.25) is 11.8 Å². The van der Waals surface area contributed by atoms with E-state index in [1.54, 1.807) is 48.5 Å². The molecule has 1 aliphatic heterocycles. The van der Waals surface area contributed by atoms with Gasteiger partial charge in [0.05, 0.1) is 27.8 Å². The fraction of sp³-hybridized carbons (Fsp3) is 0.125. The van der Waals surface area contributed by atoms with Crippen LogP contribution in [0.4, 0.5) is 11.4 Å². The SMILES string of the molecule is O=C(C[C@H]1C(=O)Nc2ccccc2[S@@]1=O)Nc1ccc(Cl)cc1. The van der Waals surface area contributed by atoms with E-state index in [1.807, 2.05) is 0 Å². The molecule has 2 atom stereocenters. The van der Waals surface area contributed by atoms with E-state index in [0.717, 1.165) is 0 Å². The zero-order valence-corrected chi connectivity index (χ0v) is 13.5. The normalized spacial score (nSPS) is 19.6. The summed E-state index contributed by atoms with van der Waals surface area (Å²) in [6.07, 6.45) is -0.157. The number of carbonyl (C=O) groups is 2. The largest absolute Gasteiger partial charge is 0.326 e. The van der Waals surface area contributed by atoms with Crippen LogP contribution in [0.25, 0.3) is 0 Å². The number of rotatable bonds is 3. The number of amides is 2. The molecule has 0 saturated heterocycles. The van der Waals surface area contributed by atoms with Crippen molar-refractivity contribution >= 4 is 45.6 Å². The van der Waals surface area contributed by atoms with Crippen LogP contribution in [0.1, 0.15) is 6.42 Å². The Hall–Kier alpha value is -2.18. The molecule has 0 saturated carbocycles. The number of hydrogen-bond donors (Lipinski definition) is 2. The molecule has 0 aliphatic carbocycles. The molecule has 1 heterocycles. The minimum Gasteiger partial charge on any atom is -0.326 e. The molecule has 0 radical (unpaired) electrons. The fourth-order valence-corrected chi connectivity index (χ4v) is 3.83. The van der Waals surface area contributed by atoms with Crippen molar-refractivity contribution in [2.75, 3.05) is 10.6 Å². The monoisotopic (exact) mass is 348 g/mol. The Morgan fingerprint density at radius 1 is 1.17 bits per heavy atom. The lowest BCUT2D eigenvalue weighted by molar-refractivity contribution is -0.120. The van der Waals surface area contributed by atoms with Crippen molar-refractivity contribution in [3.05, 3.63) is 53.6 Å². The van der Waals surface area contributed by atoms with Crippen LogP contribution in [-0.4, -0.2) is 21.3 Å². The second-order valence-electron chi connectivity index (χ2n) is 5.03. The van der Waals surface area contributed by atoms with Crippen molar-refractivity contribution in [2.24, 2.45) is 0 Å². The molecule has 0 aromatic heterocycles. The van der Waals surface area contributed by atoms with E-state index < -0.39 is 22.0 Å². The number of carbonyl (C=O) groups excluding carboxylic acids is 2. The lowest BCUT2D eigenvalue weighted by Gasteiger charge is -2.23. The molecule has 3 rings (SSSR count). The Balaban J connectivity index is 1.72. The summed E-state index contributed by atoms with van der Waals surface area (Å²) in [5.41, 5.74) is 1.10. The molecule has 2 N–H and O–H groups in total. The molecule has 0 bridgehead atoms. The molecular weight excluding hydrogens is 336 g/mol. The van der Waals surface area contributed by atoms with Gasteiger partial charge in [0, 0.05) is 10.7 Å². The van der Waals surface area contributed by atoms with Crippen molar-refractivity contribution in [1.29, 1.82) is 0 Å². The molecule has 2 aromatic carbocycles. The van der Waals surface area contributed by atoms with Crippen LogP contribution in [0.2, 0.25) is 5.02 Å². The van der Waals surface area contributed by atoms with Gasteiger partial charge in [0.1, 0.15) is 5.25 Å². The highest BCUT2D eigenvalue weighted by Crippen LogP contribution is 2.28. The van der Waals surface area contributed by atoms with E-state index in [9.17, 15) is 13.8 Å². The van der Waals surface area contributed by atoms with Gasteiger partial charge in [0.15, 0.2) is 0 Å². The first kappa shape index (κ1) is 15.7. The number of fused-ring (bicyclic) bond motifs is 1. The number of benzene rings is 2. The van der Waals surface area contributed by atoms with Crippen LogP contribution < -0.4 is 10.6 Å². The second kappa shape index (κ2) is 6.52. The number of anilines is 2. The summed E-state index contributed by atoms with van der Waals surface area (Å²) in [6, 6.07) is 13.5.